The highest BCUT2D eigenvalue weighted by molar-refractivity contribution is 7.77. The zero-order valence-corrected chi connectivity index (χ0v) is 5.70. The van der Waals surface area contributed by atoms with E-state index in [0.29, 0.717) is 0 Å². The molecule has 0 aromatic rings. The third-order valence-electron chi connectivity index (χ3n) is 0.568. The van der Waals surface area contributed by atoms with E-state index in [4.69, 9.17) is 4.55 Å². The van der Waals surface area contributed by atoms with Gasteiger partial charge in [0.1, 0.15) is 0 Å². The van der Waals surface area contributed by atoms with E-state index in [1.54, 1.807) is 4.72 Å². The number of hydrogen-bond donors (Lipinski definition) is 2. The predicted molar refractivity (Wildman–Crippen MR) is 33.7 cm³/mol. The molecule has 0 aromatic carbocycles. The molecule has 0 heterocycles. The second-order valence-corrected chi connectivity index (χ2v) is 2.16. The van der Waals surface area contributed by atoms with Gasteiger partial charge in [-0.15, -0.1) is 0 Å². The van der Waals surface area contributed by atoms with E-state index < -0.39 is 17.2 Å². The first-order chi connectivity index (χ1) is 4.04. The Hall–Kier alpha value is -0.680. The quantitative estimate of drug-likeness (QED) is 0.422. The Balaban J connectivity index is 3.79. The fourth-order valence-corrected chi connectivity index (χ4v) is 0.499. The summed E-state index contributed by atoms with van der Waals surface area (Å²) in [6.07, 6.45) is 0. The van der Waals surface area contributed by atoms with Crippen molar-refractivity contribution in [2.24, 2.45) is 0 Å². The largest absolute Gasteiger partial charge is 0.289 e. The second kappa shape index (κ2) is 3.37. The van der Waals surface area contributed by atoms with E-state index in [2.05, 4.69) is 6.58 Å². The minimum Gasteiger partial charge on any atom is -0.289 e. The lowest BCUT2D eigenvalue weighted by molar-refractivity contribution is -0.115. The molecular formula is C4H7NO3S. The van der Waals surface area contributed by atoms with Crippen LogP contribution in [-0.2, 0) is 16.1 Å². The maximum absolute atomic E-state index is 10.4. The first kappa shape index (κ1) is 8.32. The van der Waals surface area contributed by atoms with Crippen molar-refractivity contribution >= 4 is 17.2 Å². The summed E-state index contributed by atoms with van der Waals surface area (Å²) in [7, 11) is 0. The van der Waals surface area contributed by atoms with Gasteiger partial charge in [0.2, 0.25) is 0 Å². The van der Waals surface area contributed by atoms with Crippen LogP contribution in [0.25, 0.3) is 0 Å². The van der Waals surface area contributed by atoms with Gasteiger partial charge in [-0.3, -0.25) is 9.35 Å². The number of nitrogens with one attached hydrogen (secondary N) is 1. The lowest BCUT2D eigenvalue weighted by atomic mass is 10.3. The number of amides is 1. The average Bonchev–Trinajstić information content (AvgIpc) is 1.63. The summed E-state index contributed by atoms with van der Waals surface area (Å²) in [6, 6.07) is 0. The SMILES string of the molecule is C=C(C)C(=O)NS(=O)O. The van der Waals surface area contributed by atoms with E-state index in [1.165, 1.54) is 6.92 Å². The van der Waals surface area contributed by atoms with Gasteiger partial charge >= 0.3 is 0 Å². The number of rotatable bonds is 2. The van der Waals surface area contributed by atoms with Crippen molar-refractivity contribution in [1.29, 1.82) is 0 Å². The van der Waals surface area contributed by atoms with E-state index >= 15 is 0 Å². The van der Waals surface area contributed by atoms with Gasteiger partial charge < -0.3 is 0 Å². The molecule has 1 amide bonds. The molecule has 0 aliphatic carbocycles. The number of carbonyl (C=O) groups excluding carboxylic acids is 1. The summed E-state index contributed by atoms with van der Waals surface area (Å²) in [4.78, 5) is 10.4. The van der Waals surface area contributed by atoms with Crippen LogP contribution in [0.1, 0.15) is 6.92 Å². The van der Waals surface area contributed by atoms with Crippen LogP contribution in [0.4, 0.5) is 0 Å². The first-order valence-corrected chi connectivity index (χ1v) is 3.22. The van der Waals surface area contributed by atoms with Gasteiger partial charge in [-0.2, -0.15) is 0 Å². The van der Waals surface area contributed by atoms with Crippen LogP contribution in [0, 0.1) is 0 Å². The van der Waals surface area contributed by atoms with Crippen molar-refractivity contribution in [3.63, 3.8) is 0 Å². The highest BCUT2D eigenvalue weighted by Gasteiger charge is 2.01. The number of hydrogen-bond acceptors (Lipinski definition) is 2. The molecule has 4 nitrogen and oxygen atoms in total. The summed E-state index contributed by atoms with van der Waals surface area (Å²) in [5, 5.41) is 0. The van der Waals surface area contributed by atoms with Crippen LogP contribution < -0.4 is 4.72 Å². The summed E-state index contributed by atoms with van der Waals surface area (Å²) < 4.78 is 19.7. The maximum atomic E-state index is 10.4. The summed E-state index contributed by atoms with van der Waals surface area (Å²) in [5.41, 5.74) is 0.206. The van der Waals surface area contributed by atoms with Crippen molar-refractivity contribution in [2.75, 3.05) is 0 Å². The van der Waals surface area contributed by atoms with Crippen LogP contribution in [0.15, 0.2) is 12.2 Å². The molecule has 1 unspecified atom stereocenters. The molecule has 0 bridgehead atoms. The molecule has 0 aromatic heterocycles. The van der Waals surface area contributed by atoms with Gasteiger partial charge in [0.05, 0.1) is 0 Å². The van der Waals surface area contributed by atoms with Crippen molar-refractivity contribution in [3.8, 4) is 0 Å². The van der Waals surface area contributed by atoms with Gasteiger partial charge in [0.25, 0.3) is 17.2 Å². The second-order valence-electron chi connectivity index (χ2n) is 1.46. The highest BCUT2D eigenvalue weighted by atomic mass is 32.2. The molecule has 52 valence electrons. The lowest BCUT2D eigenvalue weighted by Crippen LogP contribution is -2.25. The van der Waals surface area contributed by atoms with Crippen molar-refractivity contribution in [1.82, 2.24) is 4.72 Å². The van der Waals surface area contributed by atoms with Crippen LogP contribution in [0.5, 0.6) is 0 Å². The monoisotopic (exact) mass is 149 g/mol. The minimum absolute atomic E-state index is 0.206. The zero-order valence-electron chi connectivity index (χ0n) is 4.88. The van der Waals surface area contributed by atoms with E-state index in [1.807, 2.05) is 0 Å². The van der Waals surface area contributed by atoms with Gasteiger partial charge in [0, 0.05) is 5.57 Å². The lowest BCUT2D eigenvalue weighted by Gasteiger charge is -1.95. The molecule has 0 fully saturated rings. The van der Waals surface area contributed by atoms with Crippen molar-refractivity contribution in [3.05, 3.63) is 12.2 Å². The topological polar surface area (TPSA) is 66.4 Å². The van der Waals surface area contributed by atoms with Crippen LogP contribution in [-0.4, -0.2) is 14.7 Å². The van der Waals surface area contributed by atoms with Gasteiger partial charge in [-0.25, -0.2) is 8.93 Å². The van der Waals surface area contributed by atoms with Crippen LogP contribution in [0.3, 0.4) is 0 Å². The van der Waals surface area contributed by atoms with Crippen LogP contribution in [0.2, 0.25) is 0 Å². The molecule has 1 atom stereocenters. The molecule has 0 radical (unpaired) electrons. The average molecular weight is 149 g/mol. The maximum Gasteiger partial charge on any atom is 0.261 e. The molecule has 0 spiro atoms. The Morgan fingerprint density at radius 2 is 2.22 bits per heavy atom. The molecule has 0 rings (SSSR count). The molecule has 5 heteroatoms. The Bertz CT molecular complexity index is 165. The molecule has 0 saturated carbocycles. The fourth-order valence-electron chi connectivity index (χ4n) is 0.166. The van der Waals surface area contributed by atoms with Gasteiger partial charge in [0.15, 0.2) is 0 Å². The third-order valence-corrected chi connectivity index (χ3v) is 0.928. The molecular weight excluding hydrogens is 142 g/mol. The van der Waals surface area contributed by atoms with Gasteiger partial charge in [-0.05, 0) is 6.92 Å². The normalized spacial score (nSPS) is 12.2. The van der Waals surface area contributed by atoms with Crippen molar-refractivity contribution < 1.29 is 13.6 Å². The van der Waals surface area contributed by atoms with E-state index in [-0.39, 0.29) is 5.57 Å². The van der Waals surface area contributed by atoms with Gasteiger partial charge in [-0.1, -0.05) is 6.58 Å². The first-order valence-electron chi connectivity index (χ1n) is 2.11. The molecule has 9 heavy (non-hydrogen) atoms. The molecule has 0 saturated heterocycles. The molecule has 0 aliphatic heterocycles. The predicted octanol–water partition coefficient (Wildman–Crippen LogP) is -0.185. The Kier molecular flexibility index (Phi) is 3.11. The fraction of sp³-hybridized carbons (Fsp3) is 0.250. The van der Waals surface area contributed by atoms with Crippen LogP contribution >= 0.6 is 0 Å². The number of carbonyl (C=O) groups is 1. The van der Waals surface area contributed by atoms with E-state index in [9.17, 15) is 9.00 Å². The Labute approximate surface area is 55.4 Å². The standard InChI is InChI=1S/C4H7NO3S/c1-3(2)4(6)5-9(7)8/h1H2,2H3,(H,5,6)(H,7,8). The highest BCUT2D eigenvalue weighted by Crippen LogP contribution is 1.84. The van der Waals surface area contributed by atoms with E-state index in [0.717, 1.165) is 0 Å². The summed E-state index contributed by atoms with van der Waals surface area (Å²) in [6.45, 7) is 4.70. The minimum atomic E-state index is -2.28. The molecule has 0 aliphatic rings. The van der Waals surface area contributed by atoms with Crippen molar-refractivity contribution in [2.45, 2.75) is 6.92 Å². The summed E-state index contributed by atoms with van der Waals surface area (Å²) >= 11 is -2.28. The Morgan fingerprint density at radius 1 is 1.78 bits per heavy atom. The summed E-state index contributed by atoms with van der Waals surface area (Å²) in [5.74, 6) is -0.615. The smallest absolute Gasteiger partial charge is 0.261 e. The molecule has 2 N–H and O–H groups in total. The third kappa shape index (κ3) is 3.87. The Morgan fingerprint density at radius 3 is 2.33 bits per heavy atom. The zero-order chi connectivity index (χ0) is 7.44.